The molecular formula is C34H30N2O11. The molecule has 2 N–H and O–H groups in total. The summed E-state index contributed by atoms with van der Waals surface area (Å²) in [4.78, 5) is 64.1. The summed E-state index contributed by atoms with van der Waals surface area (Å²) in [5.41, 5.74) is 2.22. The van der Waals surface area contributed by atoms with Crippen molar-refractivity contribution in [1.29, 1.82) is 0 Å². The predicted molar refractivity (Wildman–Crippen MR) is 164 cm³/mol. The number of hydrogen-bond acceptors (Lipinski definition) is 10. The SMILES string of the molecule is CC(=O)Oc1ccc2c(c1)Oc1cc(OC(C)=O)ccc1N2C(=O)OCc1ccc(C2=C(C(=O)O)N3C(=O)[C@H]([C@@H](C)O)[C@H]3[C@H]2C)cc1. The Morgan fingerprint density at radius 1 is 0.894 bits per heavy atom. The van der Waals surface area contributed by atoms with Gasteiger partial charge in [-0.25, -0.2) is 14.5 Å². The van der Waals surface area contributed by atoms with Crippen LogP contribution >= 0.6 is 0 Å². The minimum atomic E-state index is -1.23. The zero-order valence-corrected chi connectivity index (χ0v) is 25.8. The Balaban J connectivity index is 1.24. The van der Waals surface area contributed by atoms with Gasteiger partial charge < -0.3 is 34.1 Å². The molecule has 4 atom stereocenters. The Bertz CT molecular complexity index is 1800. The maximum atomic E-state index is 13.6. The molecule has 0 unspecified atom stereocenters. The summed E-state index contributed by atoms with van der Waals surface area (Å²) in [6.07, 6.45) is -1.66. The lowest BCUT2D eigenvalue weighted by atomic mass is 9.77. The van der Waals surface area contributed by atoms with Crippen LogP contribution < -0.4 is 19.1 Å². The van der Waals surface area contributed by atoms with Crippen LogP contribution in [0.5, 0.6) is 23.0 Å². The molecule has 6 rings (SSSR count). The van der Waals surface area contributed by atoms with Gasteiger partial charge >= 0.3 is 24.0 Å². The number of hydrogen-bond donors (Lipinski definition) is 2. The predicted octanol–water partition coefficient (Wildman–Crippen LogP) is 4.77. The fourth-order valence-corrected chi connectivity index (χ4v) is 6.37. The molecule has 1 fully saturated rings. The Hall–Kier alpha value is -5.69. The molecule has 3 aliphatic heterocycles. The van der Waals surface area contributed by atoms with E-state index >= 15 is 0 Å². The van der Waals surface area contributed by atoms with E-state index in [-0.39, 0.29) is 41.2 Å². The summed E-state index contributed by atoms with van der Waals surface area (Å²) in [6, 6.07) is 15.3. The summed E-state index contributed by atoms with van der Waals surface area (Å²) in [5, 5.41) is 20.1. The van der Waals surface area contributed by atoms with Gasteiger partial charge in [0.2, 0.25) is 5.91 Å². The van der Waals surface area contributed by atoms with E-state index in [1.54, 1.807) is 36.4 Å². The van der Waals surface area contributed by atoms with Crippen LogP contribution in [0, 0.1) is 11.8 Å². The van der Waals surface area contributed by atoms with Gasteiger partial charge in [0.1, 0.15) is 23.8 Å². The standard InChI is InChI=1S/C34H30N2O11/c1-16-28(31(33(41)42)36-30(16)29(17(2)37)32(36)40)21-7-5-20(6-8-21)15-44-34(43)35-24-11-9-22(45-18(3)38)13-26(24)47-27-14-23(46-19(4)39)10-12-25(27)35/h5-14,16-17,29-30,37H,15H2,1-4H3,(H,41,42)/t16-,17+,29+,30+/m0/s1. The number of aliphatic carboxylic acids is 1. The van der Waals surface area contributed by atoms with Crippen LogP contribution in [0.1, 0.15) is 38.8 Å². The molecule has 0 bridgehead atoms. The fraction of sp³-hybridized carbons (Fsp3) is 0.265. The third kappa shape index (κ3) is 5.54. The lowest BCUT2D eigenvalue weighted by Gasteiger charge is -2.46. The highest BCUT2D eigenvalue weighted by molar-refractivity contribution is 6.06. The third-order valence-corrected chi connectivity index (χ3v) is 8.27. The summed E-state index contributed by atoms with van der Waals surface area (Å²) in [7, 11) is 0. The number of amides is 2. The van der Waals surface area contributed by atoms with Crippen molar-refractivity contribution in [3.05, 3.63) is 77.5 Å². The quantitative estimate of drug-likeness (QED) is 0.207. The molecule has 3 aromatic carbocycles. The van der Waals surface area contributed by atoms with Crippen LogP contribution in [0.3, 0.4) is 0 Å². The third-order valence-electron chi connectivity index (χ3n) is 8.27. The van der Waals surface area contributed by atoms with Crippen molar-refractivity contribution in [2.24, 2.45) is 11.8 Å². The molecule has 1 saturated heterocycles. The number of aliphatic hydroxyl groups is 1. The van der Waals surface area contributed by atoms with Crippen LogP contribution in [0.25, 0.3) is 5.57 Å². The first-order chi connectivity index (χ1) is 22.3. The summed E-state index contributed by atoms with van der Waals surface area (Å²) in [6.45, 7) is 5.72. The molecule has 0 aromatic heterocycles. The summed E-state index contributed by atoms with van der Waals surface area (Å²) in [5.74, 6) is -2.96. The number of rotatable bonds is 7. The van der Waals surface area contributed by atoms with Gasteiger partial charge in [-0.05, 0) is 47.9 Å². The van der Waals surface area contributed by atoms with E-state index in [1.807, 2.05) is 6.92 Å². The van der Waals surface area contributed by atoms with Crippen LogP contribution in [0.4, 0.5) is 16.2 Å². The number of aliphatic hydroxyl groups excluding tert-OH is 1. The number of carboxylic acid groups (broad SMARTS) is 1. The molecule has 3 aliphatic rings. The lowest BCUT2D eigenvalue weighted by Crippen LogP contribution is -2.63. The van der Waals surface area contributed by atoms with Crippen LogP contribution in [0.15, 0.2) is 66.4 Å². The molecule has 0 saturated carbocycles. The van der Waals surface area contributed by atoms with Gasteiger partial charge in [0, 0.05) is 31.9 Å². The Morgan fingerprint density at radius 3 is 1.94 bits per heavy atom. The minimum Gasteiger partial charge on any atom is -0.477 e. The average Bonchev–Trinajstić information content (AvgIpc) is 3.26. The van der Waals surface area contributed by atoms with E-state index in [9.17, 15) is 34.2 Å². The van der Waals surface area contributed by atoms with Crippen LogP contribution in [-0.2, 0) is 30.5 Å². The highest BCUT2D eigenvalue weighted by atomic mass is 16.6. The van der Waals surface area contributed by atoms with Gasteiger partial charge in [0.05, 0.1) is 29.4 Å². The first kappa shape index (κ1) is 31.3. The van der Waals surface area contributed by atoms with Crippen molar-refractivity contribution in [3.63, 3.8) is 0 Å². The molecule has 13 heteroatoms. The number of β-lactam (4-membered cyclic amide) rings is 1. The number of ether oxygens (including phenoxy) is 4. The summed E-state index contributed by atoms with van der Waals surface area (Å²) >= 11 is 0. The maximum Gasteiger partial charge on any atom is 0.419 e. The zero-order valence-electron chi connectivity index (χ0n) is 25.8. The minimum absolute atomic E-state index is 0.0954. The van der Waals surface area contributed by atoms with Gasteiger partial charge in [-0.2, -0.15) is 0 Å². The Kier molecular flexibility index (Phi) is 7.93. The number of fused-ring (bicyclic) bond motifs is 3. The van der Waals surface area contributed by atoms with E-state index in [2.05, 4.69) is 0 Å². The molecular weight excluding hydrogens is 612 g/mol. The van der Waals surface area contributed by atoms with Crippen LogP contribution in [-0.4, -0.2) is 57.2 Å². The maximum absolute atomic E-state index is 13.6. The number of nitrogens with zero attached hydrogens (tertiary/aromatic N) is 2. The first-order valence-electron chi connectivity index (χ1n) is 14.7. The van der Waals surface area contributed by atoms with Crippen molar-refractivity contribution < 1.29 is 53.1 Å². The number of esters is 2. The molecule has 0 radical (unpaired) electrons. The van der Waals surface area contributed by atoms with Gasteiger partial charge in [-0.1, -0.05) is 31.2 Å². The zero-order chi connectivity index (χ0) is 33.7. The number of benzene rings is 3. The topological polar surface area (TPSA) is 169 Å². The Labute approximate surface area is 268 Å². The number of carbonyl (C=O) groups is 5. The second kappa shape index (κ2) is 11.9. The number of anilines is 2. The molecule has 242 valence electrons. The van der Waals surface area contributed by atoms with E-state index < -0.39 is 48.0 Å². The molecule has 0 spiro atoms. The monoisotopic (exact) mass is 642 g/mol. The van der Waals surface area contributed by atoms with Gasteiger partial charge in [-0.3, -0.25) is 14.4 Å². The largest absolute Gasteiger partial charge is 0.477 e. The molecule has 0 aliphatic carbocycles. The van der Waals surface area contributed by atoms with Crippen LogP contribution in [0.2, 0.25) is 0 Å². The highest BCUT2D eigenvalue weighted by Crippen LogP contribution is 2.51. The van der Waals surface area contributed by atoms with Crippen molar-refractivity contribution in [2.75, 3.05) is 4.90 Å². The normalized spacial score (nSPS) is 19.9. The van der Waals surface area contributed by atoms with E-state index in [0.717, 1.165) is 0 Å². The van der Waals surface area contributed by atoms with Gasteiger partial charge in [0.15, 0.2) is 11.5 Å². The van der Waals surface area contributed by atoms with E-state index in [1.165, 1.54) is 54.8 Å². The summed E-state index contributed by atoms with van der Waals surface area (Å²) < 4.78 is 22.0. The smallest absolute Gasteiger partial charge is 0.419 e. The molecule has 3 heterocycles. The van der Waals surface area contributed by atoms with E-state index in [4.69, 9.17) is 18.9 Å². The van der Waals surface area contributed by atoms with Crippen molar-refractivity contribution >= 4 is 46.9 Å². The lowest BCUT2D eigenvalue weighted by molar-refractivity contribution is -0.163. The first-order valence-corrected chi connectivity index (χ1v) is 14.7. The molecule has 47 heavy (non-hydrogen) atoms. The van der Waals surface area contributed by atoms with Crippen molar-refractivity contribution in [3.8, 4) is 23.0 Å². The van der Waals surface area contributed by atoms with Gasteiger partial charge in [0.25, 0.3) is 0 Å². The second-order valence-electron chi connectivity index (χ2n) is 11.5. The molecule has 3 aromatic rings. The molecule has 13 nitrogen and oxygen atoms in total. The Morgan fingerprint density at radius 2 is 1.45 bits per heavy atom. The highest BCUT2D eigenvalue weighted by Gasteiger charge is 2.60. The fourth-order valence-electron chi connectivity index (χ4n) is 6.37. The number of carbonyl (C=O) groups excluding carboxylic acids is 4. The molecule has 2 amide bonds. The number of carboxylic acids is 1. The van der Waals surface area contributed by atoms with E-state index in [0.29, 0.717) is 28.1 Å². The van der Waals surface area contributed by atoms with Gasteiger partial charge in [-0.15, -0.1) is 0 Å². The second-order valence-corrected chi connectivity index (χ2v) is 11.5. The average molecular weight is 643 g/mol. The van der Waals surface area contributed by atoms with Crippen molar-refractivity contribution in [1.82, 2.24) is 4.90 Å². The van der Waals surface area contributed by atoms with Crippen molar-refractivity contribution in [2.45, 2.75) is 46.4 Å².